The van der Waals surface area contributed by atoms with E-state index in [0.717, 1.165) is 44.6 Å². The van der Waals surface area contributed by atoms with Crippen LogP contribution in [-0.4, -0.2) is 53.2 Å². The Balaban J connectivity index is 1.61. The van der Waals surface area contributed by atoms with Crippen molar-refractivity contribution >= 4 is 6.09 Å². The largest absolute Gasteiger partial charge is 0.449 e. The molecule has 110 valence electrons. The van der Waals surface area contributed by atoms with E-state index in [1.54, 1.807) is 18.2 Å². The standard InChI is InChI=1S/C14H21N3O3/c1-11-15-12(9-19-11)8-17-6-3-4-14(5-7-17)10-16(2)13(18)20-14/h9H,3-8,10H2,1-2H3/t14-/m1/s1. The number of carbonyl (C=O) groups excluding carboxylic acids is 1. The Labute approximate surface area is 118 Å². The summed E-state index contributed by atoms with van der Waals surface area (Å²) in [7, 11) is 1.80. The number of likely N-dealkylation sites (N-methyl/N-ethyl adjacent to an activating group) is 1. The molecule has 0 aliphatic carbocycles. The highest BCUT2D eigenvalue weighted by Crippen LogP contribution is 2.32. The molecule has 1 amide bonds. The number of likely N-dealkylation sites (tertiary alicyclic amines) is 1. The predicted molar refractivity (Wildman–Crippen MR) is 72.2 cm³/mol. The van der Waals surface area contributed by atoms with Crippen LogP contribution in [0.2, 0.25) is 0 Å². The van der Waals surface area contributed by atoms with Gasteiger partial charge in [-0.3, -0.25) is 4.90 Å². The van der Waals surface area contributed by atoms with Gasteiger partial charge in [-0.2, -0.15) is 0 Å². The van der Waals surface area contributed by atoms with E-state index in [-0.39, 0.29) is 11.7 Å². The van der Waals surface area contributed by atoms with E-state index in [9.17, 15) is 4.79 Å². The number of hydrogen-bond donors (Lipinski definition) is 0. The van der Waals surface area contributed by atoms with Gasteiger partial charge in [-0.05, 0) is 19.4 Å². The molecule has 3 heterocycles. The van der Waals surface area contributed by atoms with Gasteiger partial charge in [0.05, 0.1) is 12.2 Å². The normalized spacial score (nSPS) is 27.9. The van der Waals surface area contributed by atoms with Crippen LogP contribution in [0.15, 0.2) is 10.7 Å². The van der Waals surface area contributed by atoms with Crippen LogP contribution in [-0.2, 0) is 11.3 Å². The van der Waals surface area contributed by atoms with E-state index >= 15 is 0 Å². The fourth-order valence-electron chi connectivity index (χ4n) is 3.14. The van der Waals surface area contributed by atoms with E-state index in [1.807, 2.05) is 6.92 Å². The molecule has 0 aromatic carbocycles. The van der Waals surface area contributed by atoms with Gasteiger partial charge in [0.1, 0.15) is 11.9 Å². The third kappa shape index (κ3) is 2.65. The second-order valence-corrected chi connectivity index (χ2v) is 5.89. The van der Waals surface area contributed by atoms with E-state index in [0.29, 0.717) is 12.4 Å². The van der Waals surface area contributed by atoms with E-state index in [4.69, 9.17) is 9.15 Å². The molecule has 6 heteroatoms. The zero-order chi connectivity index (χ0) is 14.2. The minimum Gasteiger partial charge on any atom is -0.449 e. The molecule has 1 aromatic rings. The van der Waals surface area contributed by atoms with Crippen molar-refractivity contribution in [2.75, 3.05) is 26.7 Å². The van der Waals surface area contributed by atoms with Crippen LogP contribution < -0.4 is 0 Å². The SMILES string of the molecule is Cc1nc(CN2CCC[C@@]3(CC2)CN(C)C(=O)O3)co1. The molecular formula is C14H21N3O3. The summed E-state index contributed by atoms with van der Waals surface area (Å²) < 4.78 is 10.9. The first kappa shape index (κ1) is 13.4. The summed E-state index contributed by atoms with van der Waals surface area (Å²) >= 11 is 0. The van der Waals surface area contributed by atoms with Crippen molar-refractivity contribution in [1.82, 2.24) is 14.8 Å². The molecule has 0 bridgehead atoms. The maximum absolute atomic E-state index is 11.6. The summed E-state index contributed by atoms with van der Waals surface area (Å²) in [6, 6.07) is 0. The highest BCUT2D eigenvalue weighted by molar-refractivity contribution is 5.70. The molecule has 2 fully saturated rings. The van der Waals surface area contributed by atoms with Gasteiger partial charge in [-0.1, -0.05) is 0 Å². The van der Waals surface area contributed by atoms with Crippen molar-refractivity contribution in [1.29, 1.82) is 0 Å². The monoisotopic (exact) mass is 279 g/mol. The van der Waals surface area contributed by atoms with Crippen LogP contribution in [0.4, 0.5) is 4.79 Å². The Hall–Kier alpha value is -1.56. The molecule has 1 aromatic heterocycles. The highest BCUT2D eigenvalue weighted by atomic mass is 16.6. The van der Waals surface area contributed by atoms with Crippen molar-refractivity contribution in [2.24, 2.45) is 0 Å². The smallest absolute Gasteiger partial charge is 0.410 e. The first-order valence-electron chi connectivity index (χ1n) is 7.14. The summed E-state index contributed by atoms with van der Waals surface area (Å²) in [6.07, 6.45) is 4.40. The quantitative estimate of drug-likeness (QED) is 0.826. The first-order chi connectivity index (χ1) is 9.56. The number of rotatable bonds is 2. The molecule has 0 radical (unpaired) electrons. The third-order valence-electron chi connectivity index (χ3n) is 4.18. The average Bonchev–Trinajstić information content (AvgIpc) is 2.84. The van der Waals surface area contributed by atoms with Crippen LogP contribution in [0.3, 0.4) is 0 Å². The Bertz CT molecular complexity index is 502. The second-order valence-electron chi connectivity index (χ2n) is 5.89. The number of oxazole rings is 1. The van der Waals surface area contributed by atoms with Crippen LogP contribution >= 0.6 is 0 Å². The Morgan fingerprint density at radius 3 is 2.90 bits per heavy atom. The summed E-state index contributed by atoms with van der Waals surface area (Å²) in [5.74, 6) is 0.706. The van der Waals surface area contributed by atoms with Gasteiger partial charge in [0, 0.05) is 33.5 Å². The van der Waals surface area contributed by atoms with Crippen LogP contribution in [0.1, 0.15) is 30.8 Å². The fourth-order valence-corrected chi connectivity index (χ4v) is 3.14. The summed E-state index contributed by atoms with van der Waals surface area (Å²) in [4.78, 5) is 20.0. The van der Waals surface area contributed by atoms with Crippen molar-refractivity contribution < 1.29 is 13.9 Å². The van der Waals surface area contributed by atoms with Crippen molar-refractivity contribution in [3.63, 3.8) is 0 Å². The van der Waals surface area contributed by atoms with Gasteiger partial charge in [0.2, 0.25) is 0 Å². The van der Waals surface area contributed by atoms with Gasteiger partial charge in [-0.25, -0.2) is 9.78 Å². The topological polar surface area (TPSA) is 58.8 Å². The lowest BCUT2D eigenvalue weighted by Gasteiger charge is -2.25. The van der Waals surface area contributed by atoms with E-state index in [2.05, 4.69) is 9.88 Å². The van der Waals surface area contributed by atoms with Gasteiger partial charge >= 0.3 is 6.09 Å². The van der Waals surface area contributed by atoms with E-state index in [1.165, 1.54) is 0 Å². The average molecular weight is 279 g/mol. The lowest BCUT2D eigenvalue weighted by Crippen LogP contribution is -2.35. The lowest BCUT2D eigenvalue weighted by atomic mass is 9.95. The Morgan fingerprint density at radius 2 is 2.25 bits per heavy atom. The molecule has 0 saturated carbocycles. The molecule has 0 N–H and O–H groups in total. The molecule has 0 unspecified atom stereocenters. The zero-order valence-electron chi connectivity index (χ0n) is 12.1. The number of aryl methyl sites for hydroxylation is 1. The maximum Gasteiger partial charge on any atom is 0.410 e. The fraction of sp³-hybridized carbons (Fsp3) is 0.714. The molecular weight excluding hydrogens is 258 g/mol. The minimum absolute atomic E-state index is 0.189. The van der Waals surface area contributed by atoms with E-state index < -0.39 is 0 Å². The Kier molecular flexibility index (Phi) is 3.41. The predicted octanol–water partition coefficient (Wildman–Crippen LogP) is 1.79. The molecule has 2 aliphatic rings. The molecule has 2 aliphatic heterocycles. The second kappa shape index (κ2) is 5.09. The molecule has 3 rings (SSSR count). The molecule has 1 atom stereocenters. The van der Waals surface area contributed by atoms with Crippen molar-refractivity contribution in [3.8, 4) is 0 Å². The van der Waals surface area contributed by atoms with Gasteiger partial charge in [0.25, 0.3) is 0 Å². The van der Waals surface area contributed by atoms with Gasteiger partial charge in [0.15, 0.2) is 5.89 Å². The van der Waals surface area contributed by atoms with Crippen LogP contribution in [0.5, 0.6) is 0 Å². The van der Waals surface area contributed by atoms with Crippen LogP contribution in [0.25, 0.3) is 0 Å². The summed E-state index contributed by atoms with van der Waals surface area (Å²) in [5, 5.41) is 0. The molecule has 6 nitrogen and oxygen atoms in total. The van der Waals surface area contributed by atoms with Gasteiger partial charge < -0.3 is 14.1 Å². The number of hydrogen-bond acceptors (Lipinski definition) is 5. The third-order valence-corrected chi connectivity index (χ3v) is 4.18. The number of amides is 1. The minimum atomic E-state index is -0.277. The lowest BCUT2D eigenvalue weighted by molar-refractivity contribution is 0.0442. The van der Waals surface area contributed by atoms with Crippen molar-refractivity contribution in [2.45, 2.75) is 38.3 Å². The number of aromatic nitrogens is 1. The number of nitrogens with zero attached hydrogens (tertiary/aromatic N) is 3. The van der Waals surface area contributed by atoms with Gasteiger partial charge in [-0.15, -0.1) is 0 Å². The molecule has 1 spiro atoms. The van der Waals surface area contributed by atoms with Crippen molar-refractivity contribution in [3.05, 3.63) is 17.8 Å². The highest BCUT2D eigenvalue weighted by Gasteiger charge is 2.44. The first-order valence-corrected chi connectivity index (χ1v) is 7.14. The molecule has 20 heavy (non-hydrogen) atoms. The van der Waals surface area contributed by atoms with Crippen LogP contribution in [0, 0.1) is 6.92 Å². The Morgan fingerprint density at radius 1 is 1.40 bits per heavy atom. The molecule has 2 saturated heterocycles. The summed E-state index contributed by atoms with van der Waals surface area (Å²) in [5.41, 5.74) is 0.694. The number of carbonyl (C=O) groups is 1. The summed E-state index contributed by atoms with van der Waals surface area (Å²) in [6.45, 7) is 5.30. The number of ether oxygens (including phenoxy) is 1. The maximum atomic E-state index is 11.6. The zero-order valence-corrected chi connectivity index (χ0v) is 12.1.